The van der Waals surface area contributed by atoms with Gasteiger partial charge in [-0.05, 0) is 49.0 Å². The van der Waals surface area contributed by atoms with Crippen LogP contribution in [0.4, 0.5) is 17.1 Å². The number of para-hydroxylation sites is 3. The summed E-state index contributed by atoms with van der Waals surface area (Å²) in [5.41, 5.74) is 12.7. The molecule has 0 unspecified atom stereocenters. The minimum atomic E-state index is 0.643. The molecule has 2 N–H and O–H groups in total. The van der Waals surface area contributed by atoms with Gasteiger partial charge in [0.15, 0.2) is 0 Å². The second-order valence-electron chi connectivity index (χ2n) is 7.93. The van der Waals surface area contributed by atoms with E-state index in [2.05, 4.69) is 61.5 Å². The Morgan fingerprint density at radius 3 is 2.18 bits per heavy atom. The molecule has 4 aromatic carbocycles. The lowest BCUT2D eigenvalue weighted by molar-refractivity contribution is 1.08. The largest absolute Gasteiger partial charge is 0.397 e. The maximum absolute atomic E-state index is 6.22. The second kappa shape index (κ2) is 9.81. The number of thioether (sulfide) groups is 1. The van der Waals surface area contributed by atoms with Gasteiger partial charge in [-0.25, -0.2) is 10.0 Å². The normalized spacial score (nSPS) is 15.0. The zero-order valence-corrected chi connectivity index (χ0v) is 19.6. The van der Waals surface area contributed by atoms with Crippen LogP contribution in [0.15, 0.2) is 130 Å². The number of nitrogens with zero attached hydrogens (tertiary/aromatic N) is 3. The fourth-order valence-electron chi connectivity index (χ4n) is 3.59. The number of aryl methyl sites for hydroxylation is 1. The molecule has 0 radical (unpaired) electrons. The summed E-state index contributed by atoms with van der Waals surface area (Å²) < 4.78 is 0. The molecule has 5 rings (SSSR count). The van der Waals surface area contributed by atoms with Gasteiger partial charge in [0.1, 0.15) is 10.1 Å². The van der Waals surface area contributed by atoms with Crippen LogP contribution in [0.25, 0.3) is 0 Å². The van der Waals surface area contributed by atoms with Crippen LogP contribution in [-0.2, 0) is 0 Å². The summed E-state index contributed by atoms with van der Waals surface area (Å²) in [5, 5.41) is 8.87. The van der Waals surface area contributed by atoms with E-state index in [4.69, 9.17) is 15.8 Å². The van der Waals surface area contributed by atoms with Crippen LogP contribution in [-0.4, -0.2) is 10.8 Å². The van der Waals surface area contributed by atoms with Gasteiger partial charge in [0.05, 0.1) is 22.8 Å². The highest BCUT2D eigenvalue weighted by Crippen LogP contribution is 2.37. The van der Waals surface area contributed by atoms with Crippen LogP contribution in [0.3, 0.4) is 0 Å². The van der Waals surface area contributed by atoms with Crippen LogP contribution in [0.1, 0.15) is 16.7 Å². The van der Waals surface area contributed by atoms with Crippen molar-refractivity contribution in [2.45, 2.75) is 6.92 Å². The first-order chi connectivity index (χ1) is 16.7. The van der Waals surface area contributed by atoms with E-state index < -0.39 is 0 Å². The fraction of sp³-hybridized carbons (Fsp3) is 0.0345. The Morgan fingerprint density at radius 2 is 1.47 bits per heavy atom. The summed E-state index contributed by atoms with van der Waals surface area (Å²) >= 11 is 1.64. The molecule has 166 valence electrons. The molecule has 0 saturated carbocycles. The van der Waals surface area contributed by atoms with Gasteiger partial charge in [0.2, 0.25) is 0 Å². The van der Waals surface area contributed by atoms with E-state index >= 15 is 0 Å². The van der Waals surface area contributed by atoms with Crippen LogP contribution in [0, 0.1) is 6.92 Å². The topological polar surface area (TPSA) is 54.0 Å². The predicted molar refractivity (Wildman–Crippen MR) is 146 cm³/mol. The Labute approximate surface area is 204 Å². The number of aliphatic imine (C=N–C) groups is 1. The van der Waals surface area contributed by atoms with E-state index in [9.17, 15) is 0 Å². The quantitative estimate of drug-likeness (QED) is 0.254. The van der Waals surface area contributed by atoms with Gasteiger partial charge in [-0.2, -0.15) is 5.10 Å². The highest BCUT2D eigenvalue weighted by Gasteiger charge is 2.25. The van der Waals surface area contributed by atoms with E-state index in [1.54, 1.807) is 11.8 Å². The molecule has 0 atom stereocenters. The summed E-state index contributed by atoms with van der Waals surface area (Å²) in [6, 6.07) is 36.5. The molecule has 0 saturated heterocycles. The highest BCUT2D eigenvalue weighted by molar-refractivity contribution is 8.18. The second-order valence-corrected chi connectivity index (χ2v) is 8.93. The smallest absolute Gasteiger partial charge is 0.131 e. The van der Waals surface area contributed by atoms with Crippen molar-refractivity contribution in [3.63, 3.8) is 0 Å². The van der Waals surface area contributed by atoms with Crippen molar-refractivity contribution in [1.82, 2.24) is 0 Å². The Balaban J connectivity index is 1.62. The first-order valence-electron chi connectivity index (χ1n) is 11.1. The van der Waals surface area contributed by atoms with Crippen LogP contribution < -0.4 is 10.7 Å². The molecule has 0 aromatic heterocycles. The number of hydrazone groups is 1. The number of nitrogens with two attached hydrogens (primary N) is 1. The van der Waals surface area contributed by atoms with Crippen molar-refractivity contribution in [2.24, 2.45) is 10.1 Å². The van der Waals surface area contributed by atoms with Crippen LogP contribution >= 0.6 is 11.8 Å². The standard InChI is InChI=1S/C29H24N4S/c1-21-16-18-23(19-17-21)29-32-33(24-12-6-3-7-13-24)28(34-29)20-27(22-10-4-2-5-11-22)31-26-15-9-8-14-25(26)30/h2-20H,30H2,1H3/b28-20-,31-27?. The van der Waals surface area contributed by atoms with Crippen LogP contribution in [0.2, 0.25) is 0 Å². The first-order valence-corrected chi connectivity index (χ1v) is 11.9. The molecular weight excluding hydrogens is 436 g/mol. The number of benzene rings is 4. The number of anilines is 2. The Bertz CT molecular complexity index is 1370. The maximum atomic E-state index is 6.22. The lowest BCUT2D eigenvalue weighted by Crippen LogP contribution is -2.11. The molecule has 0 bridgehead atoms. The molecule has 0 amide bonds. The van der Waals surface area contributed by atoms with E-state index in [0.29, 0.717) is 5.69 Å². The van der Waals surface area contributed by atoms with E-state index in [-0.39, 0.29) is 0 Å². The van der Waals surface area contributed by atoms with Crippen molar-refractivity contribution in [1.29, 1.82) is 0 Å². The van der Waals surface area contributed by atoms with E-state index in [0.717, 1.165) is 38.3 Å². The molecule has 0 fully saturated rings. The van der Waals surface area contributed by atoms with Crippen LogP contribution in [0.5, 0.6) is 0 Å². The third-order valence-electron chi connectivity index (χ3n) is 5.41. The van der Waals surface area contributed by atoms with Gasteiger partial charge in [-0.15, -0.1) is 0 Å². The summed E-state index contributed by atoms with van der Waals surface area (Å²) in [6.07, 6.45) is 2.09. The van der Waals surface area contributed by atoms with Crippen molar-refractivity contribution in [3.8, 4) is 0 Å². The molecule has 1 aliphatic rings. The minimum absolute atomic E-state index is 0.643. The molecule has 34 heavy (non-hydrogen) atoms. The third kappa shape index (κ3) is 4.80. The Morgan fingerprint density at radius 1 is 0.824 bits per heavy atom. The van der Waals surface area contributed by atoms with Gasteiger partial charge in [-0.3, -0.25) is 0 Å². The van der Waals surface area contributed by atoms with Gasteiger partial charge in [-0.1, -0.05) is 90.5 Å². The number of hydrogen-bond acceptors (Lipinski definition) is 5. The Hall–Kier alpha value is -4.09. The molecule has 1 heterocycles. The highest BCUT2D eigenvalue weighted by atomic mass is 32.2. The SMILES string of the molecule is Cc1ccc(C2=NN(c3ccccc3)/C(=C/C(=Nc3ccccc3N)c3ccccc3)S2)cc1. The predicted octanol–water partition coefficient (Wildman–Crippen LogP) is 7.15. The summed E-state index contributed by atoms with van der Waals surface area (Å²) in [4.78, 5) is 4.95. The van der Waals surface area contributed by atoms with Gasteiger partial charge < -0.3 is 5.73 Å². The molecule has 0 spiro atoms. The molecule has 5 heteroatoms. The molecule has 4 nitrogen and oxygen atoms in total. The van der Waals surface area contributed by atoms with Crippen molar-refractivity contribution in [3.05, 3.63) is 137 Å². The van der Waals surface area contributed by atoms with Crippen molar-refractivity contribution in [2.75, 3.05) is 10.7 Å². The van der Waals surface area contributed by atoms with Crippen molar-refractivity contribution >= 4 is 39.6 Å². The first kappa shape index (κ1) is 21.7. The monoisotopic (exact) mass is 460 g/mol. The van der Waals surface area contributed by atoms with E-state index in [1.165, 1.54) is 5.56 Å². The molecular formula is C29H24N4S. The molecule has 4 aromatic rings. The average molecular weight is 461 g/mol. The summed E-state index contributed by atoms with van der Waals surface area (Å²) in [5.74, 6) is 0. The third-order valence-corrected chi connectivity index (χ3v) is 6.42. The molecule has 0 aliphatic carbocycles. The summed E-state index contributed by atoms with van der Waals surface area (Å²) in [6.45, 7) is 2.09. The molecule has 1 aliphatic heterocycles. The van der Waals surface area contributed by atoms with Gasteiger partial charge in [0.25, 0.3) is 0 Å². The zero-order chi connectivity index (χ0) is 23.3. The number of hydrogen-bond donors (Lipinski definition) is 1. The summed E-state index contributed by atoms with van der Waals surface area (Å²) in [7, 11) is 0. The van der Waals surface area contributed by atoms with Gasteiger partial charge >= 0.3 is 0 Å². The van der Waals surface area contributed by atoms with Crippen molar-refractivity contribution < 1.29 is 0 Å². The van der Waals surface area contributed by atoms with E-state index in [1.807, 2.05) is 65.7 Å². The average Bonchev–Trinajstić information content (AvgIpc) is 3.30. The minimum Gasteiger partial charge on any atom is -0.397 e. The van der Waals surface area contributed by atoms with Gasteiger partial charge in [0, 0.05) is 11.1 Å². The fourth-order valence-corrected chi connectivity index (χ4v) is 4.56. The number of rotatable bonds is 5. The maximum Gasteiger partial charge on any atom is 0.131 e. The number of nitrogen functional groups attached to an aromatic ring is 1. The lowest BCUT2D eigenvalue weighted by Gasteiger charge is -2.16. The lowest BCUT2D eigenvalue weighted by atomic mass is 10.1. The Kier molecular flexibility index (Phi) is 6.27. The zero-order valence-electron chi connectivity index (χ0n) is 18.8. The number of allylic oxidation sites excluding steroid dienone is 1.